The minimum atomic E-state index is -0.443. The van der Waals surface area contributed by atoms with E-state index < -0.39 is 6.29 Å². The van der Waals surface area contributed by atoms with E-state index >= 15 is 0 Å². The molecule has 3 N–H and O–H groups in total. The van der Waals surface area contributed by atoms with Crippen LogP contribution in [0.25, 0.3) is 22.2 Å². The lowest BCUT2D eigenvalue weighted by Gasteiger charge is -2.22. The molecule has 200 valence electrons. The van der Waals surface area contributed by atoms with E-state index in [9.17, 15) is 4.79 Å². The highest BCUT2D eigenvalue weighted by Crippen LogP contribution is 2.25. The molecule has 1 amide bonds. The van der Waals surface area contributed by atoms with Crippen LogP contribution in [0.5, 0.6) is 0 Å². The summed E-state index contributed by atoms with van der Waals surface area (Å²) in [5.41, 5.74) is 7.69. The lowest BCUT2D eigenvalue weighted by Crippen LogP contribution is -2.33. The largest absolute Gasteiger partial charge is 0.395 e. The van der Waals surface area contributed by atoms with Crippen molar-refractivity contribution in [2.45, 2.75) is 25.6 Å². The van der Waals surface area contributed by atoms with Crippen LogP contribution in [-0.4, -0.2) is 47.0 Å². The van der Waals surface area contributed by atoms with E-state index in [1.807, 2.05) is 48.5 Å². The predicted molar refractivity (Wildman–Crippen MR) is 153 cm³/mol. The predicted octanol–water partition coefficient (Wildman–Crippen LogP) is 4.29. The minimum Gasteiger partial charge on any atom is -0.395 e. The summed E-state index contributed by atoms with van der Waals surface area (Å²) in [6.07, 6.45) is 5.56. The maximum Gasteiger partial charge on any atom is 0.275 e. The molecule has 0 bridgehead atoms. The number of aromatic nitrogens is 2. The van der Waals surface area contributed by atoms with Crippen molar-refractivity contribution in [2.75, 3.05) is 25.1 Å². The van der Waals surface area contributed by atoms with Crippen molar-refractivity contribution in [3.8, 4) is 34.9 Å². The Kier molecular flexibility index (Phi) is 8.98. The number of nitrogens with one attached hydrogen (secondary N) is 2. The van der Waals surface area contributed by atoms with E-state index in [1.165, 1.54) is 0 Å². The first kappa shape index (κ1) is 26.9. The summed E-state index contributed by atoms with van der Waals surface area (Å²) in [6.45, 7) is 1.21. The third kappa shape index (κ3) is 7.02. The van der Waals surface area contributed by atoms with Crippen LogP contribution in [0.15, 0.2) is 73.1 Å². The standard InChI is InChI=1S/C32H28N4O4/c37-19-18-34-26-14-10-24(11-15-26)6-2-1-5-23-8-12-25(13-9-23)30-21-27(28-22-33-17-16-29(28)35-30)32(38)36-40-31-7-3-4-20-39-31/h8-17,21-22,31,34,37H,3-4,7,18-20H2,(H,36,38). The molecule has 0 radical (unpaired) electrons. The van der Waals surface area contributed by atoms with Crippen LogP contribution in [0, 0.1) is 23.7 Å². The second-order valence-corrected chi connectivity index (χ2v) is 9.10. The number of hydrogen-bond donors (Lipinski definition) is 3. The molecule has 2 aromatic heterocycles. The topological polar surface area (TPSA) is 106 Å². The van der Waals surface area contributed by atoms with Crippen LogP contribution in [0.4, 0.5) is 5.69 Å². The molecule has 2 aromatic carbocycles. The molecule has 0 saturated carbocycles. The minimum absolute atomic E-state index is 0.0821. The van der Waals surface area contributed by atoms with Gasteiger partial charge in [-0.1, -0.05) is 24.0 Å². The number of anilines is 1. The Morgan fingerprint density at radius 2 is 1.77 bits per heavy atom. The Hall–Kier alpha value is -4.73. The molecule has 1 atom stereocenters. The number of aliphatic hydroxyl groups is 1. The number of fused-ring (bicyclic) bond motifs is 1. The van der Waals surface area contributed by atoms with Crippen LogP contribution < -0.4 is 10.8 Å². The van der Waals surface area contributed by atoms with Crippen molar-refractivity contribution in [1.29, 1.82) is 0 Å². The highest BCUT2D eigenvalue weighted by molar-refractivity contribution is 6.06. The van der Waals surface area contributed by atoms with E-state index in [2.05, 4.69) is 39.5 Å². The van der Waals surface area contributed by atoms with Gasteiger partial charge in [0, 0.05) is 59.7 Å². The van der Waals surface area contributed by atoms with Crippen LogP contribution in [0.3, 0.4) is 0 Å². The van der Waals surface area contributed by atoms with Crippen molar-refractivity contribution >= 4 is 22.5 Å². The zero-order chi connectivity index (χ0) is 27.6. The maximum atomic E-state index is 13.1. The molecule has 0 aliphatic carbocycles. The molecule has 1 fully saturated rings. The van der Waals surface area contributed by atoms with Gasteiger partial charge in [0.1, 0.15) is 0 Å². The smallest absolute Gasteiger partial charge is 0.275 e. The molecule has 8 nitrogen and oxygen atoms in total. The molecule has 1 aliphatic rings. The molecule has 4 aromatic rings. The zero-order valence-corrected chi connectivity index (χ0v) is 21.8. The normalized spacial score (nSPS) is 14.4. The first-order chi connectivity index (χ1) is 19.7. The van der Waals surface area contributed by atoms with Gasteiger partial charge in [-0.3, -0.25) is 9.78 Å². The van der Waals surface area contributed by atoms with Gasteiger partial charge in [-0.05, 0) is 73.2 Å². The number of carbonyl (C=O) groups excluding carboxylic acids is 1. The summed E-state index contributed by atoms with van der Waals surface area (Å²) in [6, 6.07) is 18.8. The van der Waals surface area contributed by atoms with Crippen LogP contribution in [0.2, 0.25) is 0 Å². The van der Waals surface area contributed by atoms with Gasteiger partial charge in [-0.15, -0.1) is 0 Å². The van der Waals surface area contributed by atoms with E-state index in [4.69, 9.17) is 19.7 Å². The second kappa shape index (κ2) is 13.4. The Labute approximate surface area is 232 Å². The molecule has 1 aliphatic heterocycles. The molecular formula is C32H28N4O4. The summed E-state index contributed by atoms with van der Waals surface area (Å²) in [5, 5.41) is 12.6. The molecule has 40 heavy (non-hydrogen) atoms. The summed E-state index contributed by atoms with van der Waals surface area (Å²) >= 11 is 0. The quantitative estimate of drug-likeness (QED) is 0.241. The number of hydroxylamine groups is 1. The summed E-state index contributed by atoms with van der Waals surface area (Å²) in [5.74, 6) is 11.5. The molecule has 1 unspecified atom stereocenters. The van der Waals surface area contributed by atoms with Gasteiger partial charge in [0.25, 0.3) is 5.91 Å². The van der Waals surface area contributed by atoms with Gasteiger partial charge in [0.2, 0.25) is 0 Å². The van der Waals surface area contributed by atoms with Gasteiger partial charge in [-0.2, -0.15) is 0 Å². The summed E-state index contributed by atoms with van der Waals surface area (Å²) in [7, 11) is 0. The van der Waals surface area contributed by atoms with Crippen LogP contribution in [0.1, 0.15) is 40.7 Å². The number of aliphatic hydroxyl groups excluding tert-OH is 1. The monoisotopic (exact) mass is 532 g/mol. The van der Waals surface area contributed by atoms with E-state index in [1.54, 1.807) is 24.5 Å². The van der Waals surface area contributed by atoms with Gasteiger partial charge in [0.05, 0.1) is 23.4 Å². The lowest BCUT2D eigenvalue weighted by atomic mass is 10.0. The van der Waals surface area contributed by atoms with Gasteiger partial charge >= 0.3 is 0 Å². The van der Waals surface area contributed by atoms with E-state index in [0.29, 0.717) is 35.3 Å². The Morgan fingerprint density at radius 3 is 2.48 bits per heavy atom. The van der Waals surface area contributed by atoms with Crippen molar-refractivity contribution < 1.29 is 19.5 Å². The average Bonchev–Trinajstić information content (AvgIpc) is 3.01. The molecule has 1 saturated heterocycles. The summed E-state index contributed by atoms with van der Waals surface area (Å²) in [4.78, 5) is 27.5. The Bertz CT molecular complexity index is 1590. The number of hydrogen-bond acceptors (Lipinski definition) is 7. The third-order valence-electron chi connectivity index (χ3n) is 6.26. The number of rotatable bonds is 7. The maximum absolute atomic E-state index is 13.1. The second-order valence-electron chi connectivity index (χ2n) is 9.10. The van der Waals surface area contributed by atoms with Gasteiger partial charge in [-0.25, -0.2) is 15.3 Å². The Balaban J connectivity index is 1.29. The number of ether oxygens (including phenoxy) is 1. The molecule has 5 rings (SSSR count). The first-order valence-electron chi connectivity index (χ1n) is 13.1. The number of benzene rings is 2. The average molecular weight is 533 g/mol. The van der Waals surface area contributed by atoms with Crippen LogP contribution in [-0.2, 0) is 9.57 Å². The van der Waals surface area contributed by atoms with Crippen molar-refractivity contribution in [3.63, 3.8) is 0 Å². The number of amides is 1. The molecule has 0 spiro atoms. The fraction of sp³-hybridized carbons (Fsp3) is 0.219. The zero-order valence-electron chi connectivity index (χ0n) is 21.8. The number of carbonyl (C=O) groups is 1. The first-order valence-corrected chi connectivity index (χ1v) is 13.1. The molecule has 3 heterocycles. The third-order valence-corrected chi connectivity index (χ3v) is 6.26. The SMILES string of the molecule is O=C(NOC1CCCCO1)c1cc(-c2ccc(C#CC#Cc3ccc(NCCO)cc3)cc2)nc2ccncc12. The van der Waals surface area contributed by atoms with Crippen molar-refractivity contribution in [3.05, 3.63) is 89.7 Å². The van der Waals surface area contributed by atoms with Crippen LogP contribution >= 0.6 is 0 Å². The van der Waals surface area contributed by atoms with Crippen molar-refractivity contribution in [1.82, 2.24) is 15.4 Å². The van der Waals surface area contributed by atoms with Gasteiger partial charge in [0.15, 0.2) is 6.29 Å². The number of nitrogens with zero attached hydrogens (tertiary/aromatic N) is 2. The number of pyridine rings is 2. The fourth-order valence-corrected chi connectivity index (χ4v) is 4.19. The van der Waals surface area contributed by atoms with E-state index in [0.717, 1.165) is 41.6 Å². The van der Waals surface area contributed by atoms with E-state index in [-0.39, 0.29) is 12.5 Å². The van der Waals surface area contributed by atoms with Gasteiger partial charge < -0.3 is 15.2 Å². The summed E-state index contributed by atoms with van der Waals surface area (Å²) < 4.78 is 5.54. The molecular weight excluding hydrogens is 504 g/mol. The molecule has 8 heteroatoms. The highest BCUT2D eigenvalue weighted by Gasteiger charge is 2.19. The highest BCUT2D eigenvalue weighted by atomic mass is 16.8. The Morgan fingerprint density at radius 1 is 1.02 bits per heavy atom. The van der Waals surface area contributed by atoms with Crippen molar-refractivity contribution in [2.24, 2.45) is 0 Å². The lowest BCUT2D eigenvalue weighted by molar-refractivity contribution is -0.186. The fourth-order valence-electron chi connectivity index (χ4n) is 4.19.